The molecule has 4 rings (SSSR count). The lowest BCUT2D eigenvalue weighted by molar-refractivity contribution is -0.130. The minimum absolute atomic E-state index is 0.150. The van der Waals surface area contributed by atoms with E-state index in [4.69, 9.17) is 5.26 Å². The number of carbonyl (C=O) groups is 1. The summed E-state index contributed by atoms with van der Waals surface area (Å²) in [4.78, 5) is 21.2. The number of benzene rings is 1. The Morgan fingerprint density at radius 2 is 1.41 bits per heavy atom. The molecule has 1 aromatic rings. The fourth-order valence-corrected chi connectivity index (χ4v) is 6.99. The minimum Gasteiger partial charge on any atom is -0.340 e. The van der Waals surface area contributed by atoms with Crippen molar-refractivity contribution >= 4 is 15.7 Å². The van der Waals surface area contributed by atoms with Crippen molar-refractivity contribution in [2.75, 3.05) is 77.7 Å². The Kier molecular flexibility index (Phi) is 8.25. The number of hydrogen-bond acceptors (Lipinski definition) is 7. The molecule has 34 heavy (non-hydrogen) atoms. The van der Waals surface area contributed by atoms with Gasteiger partial charge in [0, 0.05) is 59.3 Å². The summed E-state index contributed by atoms with van der Waals surface area (Å²) in [5.74, 6) is 1.74. The maximum absolute atomic E-state index is 12.6. The highest BCUT2D eigenvalue weighted by atomic mass is 32.2. The standard InChI is InChI=1S/C25H37N5O3S/c1-21(31)30-13-11-27(12-14-30)8-2-9-28-17-23-19-29(20-24(23)18-28)10-3-15-34(32,33)25-6-4-22(16-26)5-7-25/h4-7,23-24H,2-3,8-15,17-20H2,1H3. The van der Waals surface area contributed by atoms with Crippen LogP contribution in [0.4, 0.5) is 0 Å². The molecule has 3 saturated heterocycles. The van der Waals surface area contributed by atoms with Crippen LogP contribution in [-0.4, -0.2) is 112 Å². The zero-order valence-corrected chi connectivity index (χ0v) is 21.0. The van der Waals surface area contributed by atoms with Gasteiger partial charge in [-0.3, -0.25) is 9.69 Å². The van der Waals surface area contributed by atoms with Gasteiger partial charge in [0.2, 0.25) is 5.91 Å². The molecule has 9 heteroatoms. The smallest absolute Gasteiger partial charge is 0.219 e. The molecule has 0 N–H and O–H groups in total. The third-order valence-corrected chi connectivity index (χ3v) is 9.45. The number of nitrogens with zero attached hydrogens (tertiary/aromatic N) is 5. The molecule has 0 spiro atoms. The summed E-state index contributed by atoms with van der Waals surface area (Å²) in [6.07, 6.45) is 1.82. The Hall–Kier alpha value is -1.99. The van der Waals surface area contributed by atoms with Crippen LogP contribution in [0.2, 0.25) is 0 Å². The average molecular weight is 488 g/mol. The van der Waals surface area contributed by atoms with Crippen molar-refractivity contribution in [2.24, 2.45) is 11.8 Å². The molecule has 0 saturated carbocycles. The number of rotatable bonds is 9. The SMILES string of the molecule is CC(=O)N1CCN(CCCN2CC3CN(CCCS(=O)(=O)c4ccc(C#N)cc4)CC3C2)CC1. The van der Waals surface area contributed by atoms with E-state index in [0.29, 0.717) is 28.7 Å². The summed E-state index contributed by atoms with van der Waals surface area (Å²) in [6.45, 7) is 12.9. The Bertz CT molecular complexity index is 969. The van der Waals surface area contributed by atoms with Crippen molar-refractivity contribution in [1.82, 2.24) is 19.6 Å². The van der Waals surface area contributed by atoms with Gasteiger partial charge < -0.3 is 14.7 Å². The number of sulfone groups is 1. The van der Waals surface area contributed by atoms with Gasteiger partial charge >= 0.3 is 0 Å². The molecule has 1 aromatic carbocycles. The maximum atomic E-state index is 12.6. The molecule has 3 fully saturated rings. The van der Waals surface area contributed by atoms with Crippen LogP contribution in [0, 0.1) is 23.2 Å². The highest BCUT2D eigenvalue weighted by Crippen LogP contribution is 2.31. The Morgan fingerprint density at radius 1 is 0.882 bits per heavy atom. The van der Waals surface area contributed by atoms with E-state index in [2.05, 4.69) is 14.7 Å². The zero-order chi connectivity index (χ0) is 24.1. The molecule has 2 atom stereocenters. The fraction of sp³-hybridized carbons (Fsp3) is 0.680. The molecule has 0 aromatic heterocycles. The lowest BCUT2D eigenvalue weighted by atomic mass is 10.0. The predicted molar refractivity (Wildman–Crippen MR) is 131 cm³/mol. The summed E-state index contributed by atoms with van der Waals surface area (Å²) in [5, 5.41) is 8.88. The van der Waals surface area contributed by atoms with Gasteiger partial charge in [-0.1, -0.05) is 0 Å². The van der Waals surface area contributed by atoms with E-state index >= 15 is 0 Å². The summed E-state index contributed by atoms with van der Waals surface area (Å²) >= 11 is 0. The van der Waals surface area contributed by atoms with Gasteiger partial charge in [-0.2, -0.15) is 5.26 Å². The van der Waals surface area contributed by atoms with Crippen LogP contribution in [0.1, 0.15) is 25.3 Å². The fourth-order valence-electron chi connectivity index (χ4n) is 5.69. The third kappa shape index (κ3) is 6.36. The summed E-state index contributed by atoms with van der Waals surface area (Å²) < 4.78 is 25.2. The molecule has 0 aliphatic carbocycles. The first-order valence-electron chi connectivity index (χ1n) is 12.5. The summed E-state index contributed by atoms with van der Waals surface area (Å²) in [6, 6.07) is 8.22. The summed E-state index contributed by atoms with van der Waals surface area (Å²) in [7, 11) is -3.30. The monoisotopic (exact) mass is 487 g/mol. The second-order valence-corrected chi connectivity index (χ2v) is 12.2. The van der Waals surface area contributed by atoms with Crippen LogP contribution in [0.3, 0.4) is 0 Å². The van der Waals surface area contributed by atoms with E-state index in [1.54, 1.807) is 19.1 Å². The van der Waals surface area contributed by atoms with Gasteiger partial charge in [0.05, 0.1) is 22.3 Å². The second-order valence-electron chi connectivity index (χ2n) is 10.0. The molecule has 0 bridgehead atoms. The first-order chi connectivity index (χ1) is 16.3. The van der Waals surface area contributed by atoms with Crippen molar-refractivity contribution in [3.05, 3.63) is 29.8 Å². The third-order valence-electron chi connectivity index (χ3n) is 7.63. The molecule has 186 valence electrons. The van der Waals surface area contributed by atoms with Gasteiger partial charge in [-0.05, 0) is 68.6 Å². The summed E-state index contributed by atoms with van der Waals surface area (Å²) in [5.41, 5.74) is 0.476. The molecular formula is C25H37N5O3S. The molecule has 3 aliphatic heterocycles. The van der Waals surface area contributed by atoms with Gasteiger partial charge in [-0.25, -0.2) is 8.42 Å². The van der Waals surface area contributed by atoms with Crippen molar-refractivity contribution < 1.29 is 13.2 Å². The van der Waals surface area contributed by atoms with E-state index in [-0.39, 0.29) is 11.7 Å². The topological polar surface area (TPSA) is 88.0 Å². The number of hydrogen-bond donors (Lipinski definition) is 0. The van der Waals surface area contributed by atoms with Crippen LogP contribution >= 0.6 is 0 Å². The Labute approximate surface area is 204 Å². The number of piperazine rings is 1. The molecule has 3 heterocycles. The lowest BCUT2D eigenvalue weighted by Gasteiger charge is -2.34. The van der Waals surface area contributed by atoms with Gasteiger partial charge in [0.1, 0.15) is 0 Å². The van der Waals surface area contributed by atoms with Gasteiger partial charge in [0.15, 0.2) is 9.84 Å². The van der Waals surface area contributed by atoms with Crippen LogP contribution in [0.15, 0.2) is 29.2 Å². The van der Waals surface area contributed by atoms with E-state index in [1.807, 2.05) is 11.0 Å². The Balaban J connectivity index is 1.11. The Morgan fingerprint density at radius 3 is 1.94 bits per heavy atom. The van der Waals surface area contributed by atoms with Crippen molar-refractivity contribution in [1.29, 1.82) is 5.26 Å². The largest absolute Gasteiger partial charge is 0.340 e. The zero-order valence-electron chi connectivity index (χ0n) is 20.2. The molecule has 1 amide bonds. The number of nitriles is 1. The maximum Gasteiger partial charge on any atom is 0.219 e. The quantitative estimate of drug-likeness (QED) is 0.516. The van der Waals surface area contributed by atoms with E-state index < -0.39 is 9.84 Å². The molecule has 0 radical (unpaired) electrons. The molecular weight excluding hydrogens is 450 g/mol. The van der Waals surface area contributed by atoms with Crippen molar-refractivity contribution in [2.45, 2.75) is 24.7 Å². The highest BCUT2D eigenvalue weighted by molar-refractivity contribution is 7.91. The van der Waals surface area contributed by atoms with Crippen LogP contribution in [-0.2, 0) is 14.6 Å². The second kappa shape index (κ2) is 11.2. The number of amides is 1. The van der Waals surface area contributed by atoms with E-state index in [9.17, 15) is 13.2 Å². The first-order valence-corrected chi connectivity index (χ1v) is 14.1. The normalized spacial score (nSPS) is 24.3. The molecule has 2 unspecified atom stereocenters. The molecule has 3 aliphatic rings. The van der Waals surface area contributed by atoms with Gasteiger partial charge in [-0.15, -0.1) is 0 Å². The van der Waals surface area contributed by atoms with Crippen molar-refractivity contribution in [3.8, 4) is 6.07 Å². The first kappa shape index (κ1) is 25.1. The average Bonchev–Trinajstić information content (AvgIpc) is 3.37. The van der Waals surface area contributed by atoms with E-state index in [1.165, 1.54) is 18.6 Å². The van der Waals surface area contributed by atoms with Crippen LogP contribution < -0.4 is 0 Å². The highest BCUT2D eigenvalue weighted by Gasteiger charge is 2.39. The number of carbonyl (C=O) groups excluding carboxylic acids is 1. The predicted octanol–water partition coefficient (Wildman–Crippen LogP) is 1.14. The minimum atomic E-state index is -3.30. The molecule has 8 nitrogen and oxygen atoms in total. The van der Waals surface area contributed by atoms with Crippen molar-refractivity contribution in [3.63, 3.8) is 0 Å². The number of likely N-dealkylation sites (tertiary alicyclic amines) is 2. The lowest BCUT2D eigenvalue weighted by Crippen LogP contribution is -2.48. The van der Waals surface area contributed by atoms with Gasteiger partial charge in [0.25, 0.3) is 0 Å². The van der Waals surface area contributed by atoms with Crippen LogP contribution in [0.5, 0.6) is 0 Å². The van der Waals surface area contributed by atoms with Crippen LogP contribution in [0.25, 0.3) is 0 Å². The number of fused-ring (bicyclic) bond motifs is 1. The van der Waals surface area contributed by atoms with E-state index in [0.717, 1.165) is 72.0 Å².